The highest BCUT2D eigenvalue weighted by Crippen LogP contribution is 2.29. The third kappa shape index (κ3) is 8.43. The second kappa shape index (κ2) is 14.5. The van der Waals surface area contributed by atoms with Crippen molar-refractivity contribution in [3.05, 3.63) is 65.2 Å². The van der Waals surface area contributed by atoms with Crippen molar-refractivity contribution >= 4 is 21.8 Å². The smallest absolute Gasteiger partial charge is 0.243 e. The number of carbonyl (C=O) groups is 2. The van der Waals surface area contributed by atoms with E-state index in [0.717, 1.165) is 30.9 Å². The molecule has 2 aliphatic rings. The lowest BCUT2D eigenvalue weighted by atomic mass is 9.82. The van der Waals surface area contributed by atoms with Crippen LogP contribution in [-0.4, -0.2) is 74.2 Å². The van der Waals surface area contributed by atoms with Crippen LogP contribution in [0.4, 0.5) is 8.78 Å². The van der Waals surface area contributed by atoms with Crippen molar-refractivity contribution in [1.29, 1.82) is 0 Å². The largest absolute Gasteiger partial charge is 0.353 e. The number of nitrogens with zero attached hydrogens (tertiary/aromatic N) is 2. The molecule has 0 aromatic heterocycles. The van der Waals surface area contributed by atoms with E-state index in [-0.39, 0.29) is 47.6 Å². The molecule has 242 valence electrons. The second-order valence-electron chi connectivity index (χ2n) is 12.8. The van der Waals surface area contributed by atoms with E-state index in [1.165, 1.54) is 16.4 Å². The molecule has 0 aliphatic carbocycles. The summed E-state index contributed by atoms with van der Waals surface area (Å²) in [4.78, 5) is 27.8. The van der Waals surface area contributed by atoms with E-state index in [1.807, 2.05) is 19.1 Å². The molecule has 0 spiro atoms. The Morgan fingerprint density at radius 3 is 2.41 bits per heavy atom. The normalized spacial score (nSPS) is 20.6. The molecule has 2 fully saturated rings. The SMILES string of the molecule is CCCCN1CC(C(=O)NC(Cc2cc(F)cc(F)c2)C[C@H]2CN(S(=O)(=O)c3ccc(C(C)(C)CC)cc3)CCN2)CC1=O. The third-order valence-electron chi connectivity index (χ3n) is 9.06. The van der Waals surface area contributed by atoms with Gasteiger partial charge in [0.2, 0.25) is 21.8 Å². The Hall–Kier alpha value is -2.89. The molecule has 2 aromatic rings. The maximum Gasteiger partial charge on any atom is 0.243 e. The van der Waals surface area contributed by atoms with Gasteiger partial charge in [-0.3, -0.25) is 9.59 Å². The number of benzene rings is 2. The number of rotatable bonds is 13. The van der Waals surface area contributed by atoms with Crippen molar-refractivity contribution in [2.24, 2.45) is 5.92 Å². The van der Waals surface area contributed by atoms with E-state index in [2.05, 4.69) is 31.4 Å². The summed E-state index contributed by atoms with van der Waals surface area (Å²) in [6, 6.07) is 9.48. The summed E-state index contributed by atoms with van der Waals surface area (Å²) in [5, 5.41) is 6.39. The predicted molar refractivity (Wildman–Crippen MR) is 167 cm³/mol. The standard InChI is InChI=1S/C33H46F2N4O4S/c1-5-7-13-38-21-24(18-31(38)40)32(41)37-28(17-23-15-26(34)19-27(35)16-23)20-29-22-39(14-12-36-29)44(42,43)30-10-8-25(9-11-30)33(3,4)6-2/h8-11,15-16,19,24,28-29,36H,5-7,12-14,17-18,20-22H2,1-4H3,(H,37,41)/t24?,28?,29-/m0/s1. The Balaban J connectivity index is 1.48. The molecule has 0 saturated carbocycles. The second-order valence-corrected chi connectivity index (χ2v) is 14.7. The number of nitrogens with one attached hydrogen (secondary N) is 2. The zero-order chi connectivity index (χ0) is 32.1. The Kier molecular flexibility index (Phi) is 11.2. The number of piperazine rings is 1. The number of halogens is 2. The lowest BCUT2D eigenvalue weighted by molar-refractivity contribution is -0.129. The van der Waals surface area contributed by atoms with Gasteiger partial charge in [0.25, 0.3) is 0 Å². The average Bonchev–Trinajstić information content (AvgIpc) is 3.36. The molecule has 2 amide bonds. The Morgan fingerprint density at radius 1 is 1.09 bits per heavy atom. The zero-order valence-electron chi connectivity index (χ0n) is 26.2. The van der Waals surface area contributed by atoms with Crippen LogP contribution in [0.2, 0.25) is 0 Å². The summed E-state index contributed by atoms with van der Waals surface area (Å²) in [5.41, 5.74) is 1.39. The fourth-order valence-corrected chi connectivity index (χ4v) is 7.47. The third-order valence-corrected chi connectivity index (χ3v) is 10.9. The van der Waals surface area contributed by atoms with Crippen molar-refractivity contribution in [2.45, 2.75) is 88.6 Å². The fourth-order valence-electron chi connectivity index (χ4n) is 5.98. The van der Waals surface area contributed by atoms with Crippen molar-refractivity contribution in [2.75, 3.05) is 32.7 Å². The summed E-state index contributed by atoms with van der Waals surface area (Å²) in [6.07, 6.45) is 3.34. The minimum Gasteiger partial charge on any atom is -0.353 e. The quantitative estimate of drug-likeness (QED) is 0.342. The molecule has 2 unspecified atom stereocenters. The van der Waals surface area contributed by atoms with Gasteiger partial charge in [0.05, 0.1) is 10.8 Å². The lowest BCUT2D eigenvalue weighted by Crippen LogP contribution is -2.55. The molecular formula is C33H46F2N4O4S. The van der Waals surface area contributed by atoms with Crippen molar-refractivity contribution in [3.63, 3.8) is 0 Å². The van der Waals surface area contributed by atoms with Gasteiger partial charge in [0.15, 0.2) is 0 Å². The average molecular weight is 633 g/mol. The zero-order valence-corrected chi connectivity index (χ0v) is 27.1. The van der Waals surface area contributed by atoms with E-state index in [4.69, 9.17) is 0 Å². The summed E-state index contributed by atoms with van der Waals surface area (Å²) in [7, 11) is -3.76. The highest BCUT2D eigenvalue weighted by atomic mass is 32.2. The highest BCUT2D eigenvalue weighted by molar-refractivity contribution is 7.89. The molecule has 0 radical (unpaired) electrons. The van der Waals surface area contributed by atoms with Crippen LogP contribution in [0.5, 0.6) is 0 Å². The molecule has 2 heterocycles. The van der Waals surface area contributed by atoms with Crippen LogP contribution in [0.1, 0.15) is 70.9 Å². The molecule has 4 rings (SSSR count). The van der Waals surface area contributed by atoms with Gasteiger partial charge in [-0.05, 0) is 66.5 Å². The fraction of sp³-hybridized carbons (Fsp3) is 0.576. The van der Waals surface area contributed by atoms with Crippen LogP contribution in [0, 0.1) is 17.6 Å². The van der Waals surface area contributed by atoms with E-state index < -0.39 is 33.6 Å². The minimum atomic E-state index is -3.76. The Labute approximate surface area is 260 Å². The van der Waals surface area contributed by atoms with Crippen molar-refractivity contribution < 1.29 is 26.8 Å². The lowest BCUT2D eigenvalue weighted by Gasteiger charge is -2.35. The molecule has 44 heavy (non-hydrogen) atoms. The Morgan fingerprint density at radius 2 is 1.77 bits per heavy atom. The van der Waals surface area contributed by atoms with Gasteiger partial charge in [0.1, 0.15) is 11.6 Å². The maximum absolute atomic E-state index is 14.0. The van der Waals surface area contributed by atoms with Crippen LogP contribution >= 0.6 is 0 Å². The first-order chi connectivity index (χ1) is 20.8. The van der Waals surface area contributed by atoms with Gasteiger partial charge >= 0.3 is 0 Å². The van der Waals surface area contributed by atoms with Gasteiger partial charge < -0.3 is 15.5 Å². The first-order valence-corrected chi connectivity index (χ1v) is 17.1. The molecular weight excluding hydrogens is 586 g/mol. The molecule has 2 N–H and O–H groups in total. The van der Waals surface area contributed by atoms with E-state index in [1.54, 1.807) is 17.0 Å². The summed E-state index contributed by atoms with van der Waals surface area (Å²) >= 11 is 0. The predicted octanol–water partition coefficient (Wildman–Crippen LogP) is 4.38. The van der Waals surface area contributed by atoms with Gasteiger partial charge in [-0.25, -0.2) is 17.2 Å². The van der Waals surface area contributed by atoms with E-state index in [9.17, 15) is 26.8 Å². The molecule has 2 aromatic carbocycles. The van der Waals surface area contributed by atoms with Gasteiger partial charge in [-0.1, -0.05) is 46.2 Å². The number of unbranched alkanes of at least 4 members (excludes halogenated alkanes) is 1. The van der Waals surface area contributed by atoms with Crippen molar-refractivity contribution in [1.82, 2.24) is 19.8 Å². The highest BCUT2D eigenvalue weighted by Gasteiger charge is 2.36. The number of sulfonamides is 1. The first-order valence-electron chi connectivity index (χ1n) is 15.7. The van der Waals surface area contributed by atoms with Crippen molar-refractivity contribution in [3.8, 4) is 0 Å². The van der Waals surface area contributed by atoms with Crippen LogP contribution in [0.15, 0.2) is 47.4 Å². The molecule has 11 heteroatoms. The molecule has 2 aliphatic heterocycles. The molecule has 3 atom stereocenters. The van der Waals surface area contributed by atoms with Crippen LogP contribution in [0.3, 0.4) is 0 Å². The van der Waals surface area contributed by atoms with Gasteiger partial charge in [0, 0.05) is 57.3 Å². The van der Waals surface area contributed by atoms with Crippen LogP contribution in [0.25, 0.3) is 0 Å². The van der Waals surface area contributed by atoms with E-state index >= 15 is 0 Å². The molecule has 2 saturated heterocycles. The van der Waals surface area contributed by atoms with Gasteiger partial charge in [-0.15, -0.1) is 0 Å². The Bertz CT molecular complexity index is 1400. The summed E-state index contributed by atoms with van der Waals surface area (Å²) in [5.74, 6) is -2.26. The number of carbonyl (C=O) groups excluding carboxylic acids is 2. The summed E-state index contributed by atoms with van der Waals surface area (Å²) in [6.45, 7) is 10.2. The monoisotopic (exact) mass is 632 g/mol. The molecule has 0 bridgehead atoms. The number of amides is 2. The maximum atomic E-state index is 14.0. The summed E-state index contributed by atoms with van der Waals surface area (Å²) < 4.78 is 56.7. The molecule has 8 nitrogen and oxygen atoms in total. The number of hydrogen-bond acceptors (Lipinski definition) is 5. The number of hydrogen-bond donors (Lipinski definition) is 2. The topological polar surface area (TPSA) is 98.8 Å². The van der Waals surface area contributed by atoms with E-state index in [0.29, 0.717) is 38.2 Å². The van der Waals surface area contributed by atoms with Crippen LogP contribution < -0.4 is 10.6 Å². The van der Waals surface area contributed by atoms with Crippen LogP contribution in [-0.2, 0) is 31.4 Å². The van der Waals surface area contributed by atoms with Gasteiger partial charge in [-0.2, -0.15) is 4.31 Å². The minimum absolute atomic E-state index is 0.0524. The first kappa shape index (κ1) is 34.0. The number of likely N-dealkylation sites (tertiary alicyclic amines) is 1.